The monoisotopic (exact) mass is 383 g/mol. The molecule has 0 spiro atoms. The summed E-state index contributed by atoms with van der Waals surface area (Å²) in [5.74, 6) is 0.349. The highest BCUT2D eigenvalue weighted by Crippen LogP contribution is 2.36. The fourth-order valence-electron chi connectivity index (χ4n) is 3.50. The molecule has 28 heavy (non-hydrogen) atoms. The molecule has 0 unspecified atom stereocenters. The summed E-state index contributed by atoms with van der Waals surface area (Å²) in [6.07, 6.45) is -1.64. The summed E-state index contributed by atoms with van der Waals surface area (Å²) in [6, 6.07) is 13.4. The maximum atomic E-state index is 12.5. The van der Waals surface area contributed by atoms with E-state index in [1.165, 1.54) is 5.56 Å². The molecule has 0 saturated carbocycles. The Morgan fingerprint density at radius 1 is 1.00 bits per heavy atom. The van der Waals surface area contributed by atoms with Gasteiger partial charge in [0.15, 0.2) is 0 Å². The summed E-state index contributed by atoms with van der Waals surface area (Å²) in [7, 11) is 0. The molecule has 2 aromatic heterocycles. The highest BCUT2D eigenvalue weighted by molar-refractivity contribution is 6.02. The Morgan fingerprint density at radius 3 is 2.57 bits per heavy atom. The van der Waals surface area contributed by atoms with Gasteiger partial charge in [-0.2, -0.15) is 13.2 Å². The Balaban J connectivity index is 1.84. The first kappa shape index (κ1) is 18.5. The van der Waals surface area contributed by atoms with Gasteiger partial charge in [-0.1, -0.05) is 32.0 Å². The van der Waals surface area contributed by atoms with Gasteiger partial charge in [0.2, 0.25) is 0 Å². The molecule has 0 saturated heterocycles. The number of hydrogen-bond acceptors (Lipinski definition) is 2. The van der Waals surface area contributed by atoms with Gasteiger partial charge in [0.1, 0.15) is 5.58 Å². The van der Waals surface area contributed by atoms with Gasteiger partial charge in [0, 0.05) is 29.0 Å². The molecule has 0 bridgehead atoms. The topological polar surface area (TPSA) is 26.0 Å². The van der Waals surface area contributed by atoms with Crippen LogP contribution >= 0.6 is 0 Å². The van der Waals surface area contributed by atoms with Crippen molar-refractivity contribution in [3.8, 4) is 11.3 Å². The van der Waals surface area contributed by atoms with Crippen LogP contribution in [0.25, 0.3) is 33.0 Å². The molecule has 2 nitrogen and oxygen atoms in total. The zero-order chi connectivity index (χ0) is 19.9. The van der Waals surface area contributed by atoms with E-state index >= 15 is 0 Å². The fourth-order valence-corrected chi connectivity index (χ4v) is 3.50. The van der Waals surface area contributed by atoms with Gasteiger partial charge in [-0.25, -0.2) is 0 Å². The quantitative estimate of drug-likeness (QED) is 0.370. The fraction of sp³-hybridized carbons (Fsp3) is 0.261. The Labute approximate surface area is 161 Å². The largest absolute Gasteiger partial charge is 0.464 e. The second-order valence-corrected chi connectivity index (χ2v) is 7.39. The zero-order valence-electron chi connectivity index (χ0n) is 15.7. The van der Waals surface area contributed by atoms with Crippen molar-refractivity contribution in [1.29, 1.82) is 0 Å². The lowest BCUT2D eigenvalue weighted by atomic mass is 9.94. The molecule has 4 rings (SSSR count). The van der Waals surface area contributed by atoms with Crippen LogP contribution in [-0.2, 0) is 6.42 Å². The summed E-state index contributed by atoms with van der Waals surface area (Å²) in [5.41, 5.74) is 4.30. The number of hydrogen-bond donors (Lipinski definition) is 0. The molecule has 2 heterocycles. The molecule has 2 aromatic carbocycles. The Morgan fingerprint density at radius 2 is 1.82 bits per heavy atom. The van der Waals surface area contributed by atoms with Crippen LogP contribution in [0.1, 0.15) is 37.3 Å². The maximum Gasteiger partial charge on any atom is 0.389 e. The summed E-state index contributed by atoms with van der Waals surface area (Å²) >= 11 is 0. The molecule has 5 heteroatoms. The van der Waals surface area contributed by atoms with Crippen molar-refractivity contribution < 1.29 is 17.6 Å². The number of alkyl halides is 3. The zero-order valence-corrected chi connectivity index (χ0v) is 15.7. The molecule has 0 aliphatic rings. The molecular weight excluding hydrogens is 363 g/mol. The van der Waals surface area contributed by atoms with E-state index in [0.29, 0.717) is 11.5 Å². The predicted octanol–water partition coefficient (Wildman–Crippen LogP) is 7.27. The van der Waals surface area contributed by atoms with Crippen LogP contribution in [-0.4, -0.2) is 11.2 Å². The van der Waals surface area contributed by atoms with Crippen molar-refractivity contribution in [2.45, 2.75) is 38.8 Å². The SMILES string of the molecule is CC(C)c1cc(-c2nccc3cc(CCC(F)(F)F)ccc23)c2occc2c1. The van der Waals surface area contributed by atoms with Crippen LogP contribution in [0.15, 0.2) is 59.3 Å². The number of pyridine rings is 1. The first-order chi connectivity index (χ1) is 13.3. The average molecular weight is 383 g/mol. The van der Waals surface area contributed by atoms with Gasteiger partial charge in [-0.3, -0.25) is 4.98 Å². The third-order valence-electron chi connectivity index (χ3n) is 5.02. The molecule has 4 aromatic rings. The van der Waals surface area contributed by atoms with Crippen molar-refractivity contribution in [3.63, 3.8) is 0 Å². The lowest BCUT2D eigenvalue weighted by Gasteiger charge is -2.12. The van der Waals surface area contributed by atoms with Gasteiger partial charge in [-0.05, 0) is 53.1 Å². The van der Waals surface area contributed by atoms with E-state index in [1.54, 1.807) is 18.5 Å². The number of benzene rings is 2. The lowest BCUT2D eigenvalue weighted by molar-refractivity contribution is -0.133. The van der Waals surface area contributed by atoms with Gasteiger partial charge >= 0.3 is 6.18 Å². The Kier molecular flexibility index (Phi) is 4.61. The minimum absolute atomic E-state index is 0.0254. The van der Waals surface area contributed by atoms with E-state index in [0.717, 1.165) is 33.0 Å². The number of aromatic nitrogens is 1. The second kappa shape index (κ2) is 6.97. The van der Waals surface area contributed by atoms with Crippen molar-refractivity contribution in [3.05, 3.63) is 66.1 Å². The Bertz CT molecular complexity index is 1140. The van der Waals surface area contributed by atoms with E-state index in [-0.39, 0.29) is 6.42 Å². The van der Waals surface area contributed by atoms with Crippen LogP contribution in [0.2, 0.25) is 0 Å². The van der Waals surface area contributed by atoms with E-state index < -0.39 is 12.6 Å². The van der Waals surface area contributed by atoms with E-state index in [2.05, 4.69) is 31.0 Å². The molecule has 0 aliphatic carbocycles. The van der Waals surface area contributed by atoms with Crippen molar-refractivity contribution in [2.75, 3.05) is 0 Å². The van der Waals surface area contributed by atoms with Crippen LogP contribution in [0.5, 0.6) is 0 Å². The van der Waals surface area contributed by atoms with Crippen molar-refractivity contribution >= 4 is 21.7 Å². The Hall–Kier alpha value is -2.82. The van der Waals surface area contributed by atoms with E-state index in [9.17, 15) is 13.2 Å². The molecule has 0 amide bonds. The van der Waals surface area contributed by atoms with Gasteiger partial charge in [0.25, 0.3) is 0 Å². The first-order valence-electron chi connectivity index (χ1n) is 9.28. The summed E-state index contributed by atoms with van der Waals surface area (Å²) in [6.45, 7) is 4.27. The van der Waals surface area contributed by atoms with Gasteiger partial charge in [-0.15, -0.1) is 0 Å². The van der Waals surface area contributed by atoms with Crippen LogP contribution in [0.3, 0.4) is 0 Å². The number of rotatable bonds is 4. The molecular formula is C23H20F3NO. The normalized spacial score (nSPS) is 12.4. The number of fused-ring (bicyclic) bond motifs is 2. The van der Waals surface area contributed by atoms with E-state index in [1.807, 2.05) is 24.3 Å². The standard InChI is InChI=1S/C23H20F3NO/c1-14(2)18-12-17-7-10-28-22(17)20(13-18)21-19-4-3-15(5-8-23(24,25)26)11-16(19)6-9-27-21/h3-4,6-7,9-14H,5,8H2,1-2H3. The molecule has 144 valence electrons. The van der Waals surface area contributed by atoms with E-state index in [4.69, 9.17) is 4.42 Å². The lowest BCUT2D eigenvalue weighted by Crippen LogP contribution is -2.08. The maximum absolute atomic E-state index is 12.5. The van der Waals surface area contributed by atoms with Crippen molar-refractivity contribution in [2.24, 2.45) is 0 Å². The highest BCUT2D eigenvalue weighted by Gasteiger charge is 2.26. The molecule has 0 aliphatic heterocycles. The second-order valence-electron chi connectivity index (χ2n) is 7.39. The number of nitrogens with zero attached hydrogens (tertiary/aromatic N) is 1. The smallest absolute Gasteiger partial charge is 0.389 e. The summed E-state index contributed by atoms with van der Waals surface area (Å²) in [5, 5.41) is 2.79. The van der Waals surface area contributed by atoms with Gasteiger partial charge in [0.05, 0.1) is 12.0 Å². The minimum atomic E-state index is -4.15. The predicted molar refractivity (Wildman–Crippen MR) is 105 cm³/mol. The van der Waals surface area contributed by atoms with Crippen molar-refractivity contribution in [1.82, 2.24) is 4.98 Å². The highest BCUT2D eigenvalue weighted by atomic mass is 19.4. The third kappa shape index (κ3) is 3.61. The molecule has 0 fully saturated rings. The third-order valence-corrected chi connectivity index (χ3v) is 5.02. The average Bonchev–Trinajstić information content (AvgIpc) is 3.13. The number of furan rings is 1. The van der Waals surface area contributed by atoms with Crippen LogP contribution in [0.4, 0.5) is 13.2 Å². The molecule has 0 N–H and O–H groups in total. The number of aryl methyl sites for hydroxylation is 1. The first-order valence-corrected chi connectivity index (χ1v) is 9.28. The van der Waals surface area contributed by atoms with Gasteiger partial charge < -0.3 is 4.42 Å². The summed E-state index contributed by atoms with van der Waals surface area (Å²) < 4.78 is 43.3. The molecule has 0 atom stereocenters. The number of halogens is 3. The molecule has 0 radical (unpaired) electrons. The van der Waals surface area contributed by atoms with Crippen LogP contribution < -0.4 is 0 Å². The summed E-state index contributed by atoms with van der Waals surface area (Å²) in [4.78, 5) is 4.58. The van der Waals surface area contributed by atoms with Crippen LogP contribution in [0, 0.1) is 0 Å². The minimum Gasteiger partial charge on any atom is -0.464 e.